The summed E-state index contributed by atoms with van der Waals surface area (Å²) in [5.74, 6) is -0.454. The molecule has 1 rings (SSSR count). The van der Waals surface area contributed by atoms with Crippen LogP contribution in [0.25, 0.3) is 0 Å². The normalized spacial score (nSPS) is 9.35. The molecule has 0 heterocycles. The van der Waals surface area contributed by atoms with Crippen molar-refractivity contribution in [1.82, 2.24) is 5.32 Å². The first-order chi connectivity index (χ1) is 7.67. The summed E-state index contributed by atoms with van der Waals surface area (Å²) < 4.78 is 17.9. The predicted molar refractivity (Wildman–Crippen MR) is 67.4 cm³/mol. The zero-order valence-corrected chi connectivity index (χ0v) is 10.6. The highest BCUT2D eigenvalue weighted by Gasteiger charge is 2.06. The third kappa shape index (κ3) is 5.01. The average molecular weight is 263 g/mol. The van der Waals surface area contributed by atoms with Gasteiger partial charge in [-0.15, -0.1) is 12.4 Å². The van der Waals surface area contributed by atoms with Crippen molar-refractivity contribution in [3.63, 3.8) is 0 Å². The number of carbonyl (C=O) groups excluding carboxylic acids is 1. The molecule has 0 unspecified atom stereocenters. The Kier molecular flexibility index (Phi) is 7.25. The third-order valence-electron chi connectivity index (χ3n) is 2.04. The average Bonchev–Trinajstić information content (AvgIpc) is 2.29. The van der Waals surface area contributed by atoms with Gasteiger partial charge < -0.3 is 15.4 Å². The second kappa shape index (κ2) is 7.86. The Bertz CT molecular complexity index is 374. The van der Waals surface area contributed by atoms with Crippen LogP contribution in [0.15, 0.2) is 18.2 Å². The molecule has 1 aromatic rings. The van der Waals surface area contributed by atoms with E-state index in [9.17, 15) is 9.18 Å². The van der Waals surface area contributed by atoms with E-state index in [0.29, 0.717) is 18.7 Å². The summed E-state index contributed by atoms with van der Waals surface area (Å²) in [6, 6.07) is 4.20. The van der Waals surface area contributed by atoms with Crippen LogP contribution in [0.5, 0.6) is 5.75 Å². The lowest BCUT2D eigenvalue weighted by Gasteiger charge is -2.07. The fourth-order valence-electron chi connectivity index (χ4n) is 1.20. The van der Waals surface area contributed by atoms with Gasteiger partial charge in [0.2, 0.25) is 5.91 Å². The van der Waals surface area contributed by atoms with Crippen molar-refractivity contribution in [2.45, 2.75) is 6.42 Å². The zero-order valence-electron chi connectivity index (χ0n) is 9.75. The molecule has 0 fully saturated rings. The summed E-state index contributed by atoms with van der Waals surface area (Å²) >= 11 is 0. The SMILES string of the molecule is CNCCC(=O)Nc1ccc(F)c(OC)c1.Cl. The maximum Gasteiger partial charge on any atom is 0.225 e. The smallest absolute Gasteiger partial charge is 0.225 e. The van der Waals surface area contributed by atoms with Crippen LogP contribution in [0.2, 0.25) is 0 Å². The van der Waals surface area contributed by atoms with Crippen LogP contribution in [0.3, 0.4) is 0 Å². The van der Waals surface area contributed by atoms with E-state index in [1.807, 2.05) is 0 Å². The predicted octanol–water partition coefficient (Wildman–Crippen LogP) is 1.80. The molecule has 2 N–H and O–H groups in total. The fourth-order valence-corrected chi connectivity index (χ4v) is 1.20. The van der Waals surface area contributed by atoms with Gasteiger partial charge in [0, 0.05) is 24.7 Å². The van der Waals surface area contributed by atoms with Crippen LogP contribution in [0, 0.1) is 5.82 Å². The number of rotatable bonds is 5. The maximum atomic E-state index is 13.1. The summed E-state index contributed by atoms with van der Waals surface area (Å²) in [5.41, 5.74) is 0.527. The Morgan fingerprint density at radius 1 is 1.47 bits per heavy atom. The van der Waals surface area contributed by atoms with Crippen molar-refractivity contribution in [3.8, 4) is 5.75 Å². The minimum atomic E-state index is -0.448. The Labute approximate surface area is 106 Å². The molecule has 17 heavy (non-hydrogen) atoms. The van der Waals surface area contributed by atoms with Gasteiger partial charge in [-0.3, -0.25) is 4.79 Å². The van der Waals surface area contributed by atoms with E-state index < -0.39 is 5.82 Å². The molecule has 0 spiro atoms. The number of hydrogen-bond acceptors (Lipinski definition) is 3. The molecule has 0 aliphatic carbocycles. The molecule has 6 heteroatoms. The third-order valence-corrected chi connectivity index (χ3v) is 2.04. The van der Waals surface area contributed by atoms with Gasteiger partial charge in [0.1, 0.15) is 0 Å². The molecule has 0 aliphatic heterocycles. The molecule has 1 aromatic carbocycles. The summed E-state index contributed by atoms with van der Waals surface area (Å²) in [6.07, 6.45) is 0.371. The Morgan fingerprint density at radius 3 is 2.76 bits per heavy atom. The number of anilines is 1. The van der Waals surface area contributed by atoms with E-state index in [-0.39, 0.29) is 24.1 Å². The molecule has 0 saturated heterocycles. The van der Waals surface area contributed by atoms with Crippen molar-refractivity contribution in [1.29, 1.82) is 0 Å². The molecule has 0 saturated carbocycles. The van der Waals surface area contributed by atoms with Crippen molar-refractivity contribution in [2.24, 2.45) is 0 Å². The summed E-state index contributed by atoms with van der Waals surface area (Å²) in [6.45, 7) is 0.601. The highest BCUT2D eigenvalue weighted by molar-refractivity contribution is 5.91. The van der Waals surface area contributed by atoms with Crippen molar-refractivity contribution in [3.05, 3.63) is 24.0 Å². The number of amides is 1. The van der Waals surface area contributed by atoms with Crippen LogP contribution >= 0.6 is 12.4 Å². The largest absolute Gasteiger partial charge is 0.494 e. The molecule has 96 valence electrons. The molecule has 0 atom stereocenters. The van der Waals surface area contributed by atoms with Gasteiger partial charge in [-0.1, -0.05) is 0 Å². The molecule has 0 bridgehead atoms. The second-order valence-corrected chi connectivity index (χ2v) is 3.25. The Balaban J connectivity index is 0.00000256. The zero-order chi connectivity index (χ0) is 12.0. The van der Waals surface area contributed by atoms with Gasteiger partial charge >= 0.3 is 0 Å². The first-order valence-corrected chi connectivity index (χ1v) is 4.95. The number of hydrogen-bond donors (Lipinski definition) is 2. The summed E-state index contributed by atoms with van der Waals surface area (Å²) in [7, 11) is 3.15. The minimum Gasteiger partial charge on any atom is -0.494 e. The minimum absolute atomic E-state index is 0. The summed E-state index contributed by atoms with van der Waals surface area (Å²) in [5, 5.41) is 5.52. The highest BCUT2D eigenvalue weighted by Crippen LogP contribution is 2.21. The molecular weight excluding hydrogens is 247 g/mol. The monoisotopic (exact) mass is 262 g/mol. The van der Waals surface area contributed by atoms with Crippen LogP contribution in [-0.2, 0) is 4.79 Å². The van der Waals surface area contributed by atoms with Gasteiger partial charge in [-0.2, -0.15) is 0 Å². The van der Waals surface area contributed by atoms with Crippen molar-refractivity contribution in [2.75, 3.05) is 26.0 Å². The topological polar surface area (TPSA) is 50.4 Å². The lowest BCUT2D eigenvalue weighted by Crippen LogP contribution is -2.18. The van der Waals surface area contributed by atoms with Crippen LogP contribution in [-0.4, -0.2) is 26.6 Å². The van der Waals surface area contributed by atoms with E-state index in [0.717, 1.165) is 0 Å². The Morgan fingerprint density at radius 2 is 2.18 bits per heavy atom. The van der Waals surface area contributed by atoms with Gasteiger partial charge in [0.25, 0.3) is 0 Å². The van der Waals surface area contributed by atoms with E-state index in [2.05, 4.69) is 10.6 Å². The van der Waals surface area contributed by atoms with Crippen molar-refractivity contribution < 1.29 is 13.9 Å². The lowest BCUT2D eigenvalue weighted by molar-refractivity contribution is -0.116. The van der Waals surface area contributed by atoms with Crippen molar-refractivity contribution >= 4 is 24.0 Å². The number of methoxy groups -OCH3 is 1. The molecule has 0 aromatic heterocycles. The number of benzene rings is 1. The van der Waals surface area contributed by atoms with E-state index in [1.54, 1.807) is 7.05 Å². The molecule has 4 nitrogen and oxygen atoms in total. The van der Waals surface area contributed by atoms with Gasteiger partial charge in [-0.25, -0.2) is 4.39 Å². The molecule has 0 aliphatic rings. The molecular formula is C11H16ClFN2O2. The lowest BCUT2D eigenvalue weighted by atomic mass is 10.2. The van der Waals surface area contributed by atoms with E-state index >= 15 is 0 Å². The van der Waals surface area contributed by atoms with Crippen LogP contribution in [0.1, 0.15) is 6.42 Å². The summed E-state index contributed by atoms with van der Waals surface area (Å²) in [4.78, 5) is 11.4. The number of nitrogens with one attached hydrogen (secondary N) is 2. The molecule has 0 radical (unpaired) electrons. The standard InChI is InChI=1S/C11H15FN2O2.ClH/c1-13-6-5-11(15)14-8-3-4-9(12)10(7-8)16-2;/h3-4,7,13H,5-6H2,1-2H3,(H,14,15);1H. The number of ether oxygens (including phenoxy) is 1. The van der Waals surface area contributed by atoms with Crippen LogP contribution < -0.4 is 15.4 Å². The van der Waals surface area contributed by atoms with Crippen LogP contribution in [0.4, 0.5) is 10.1 Å². The highest BCUT2D eigenvalue weighted by atomic mass is 35.5. The maximum absolute atomic E-state index is 13.1. The van der Waals surface area contributed by atoms with Gasteiger partial charge in [0.05, 0.1) is 7.11 Å². The fraction of sp³-hybridized carbons (Fsp3) is 0.364. The first kappa shape index (κ1) is 15.7. The quantitative estimate of drug-likeness (QED) is 0.851. The second-order valence-electron chi connectivity index (χ2n) is 3.25. The van der Waals surface area contributed by atoms with Gasteiger partial charge in [-0.05, 0) is 19.2 Å². The van der Waals surface area contributed by atoms with E-state index in [1.165, 1.54) is 25.3 Å². The number of carbonyl (C=O) groups is 1. The van der Waals surface area contributed by atoms with E-state index in [4.69, 9.17) is 4.74 Å². The molecule has 1 amide bonds. The number of halogens is 2. The Hall–Kier alpha value is -1.33. The first-order valence-electron chi connectivity index (χ1n) is 4.95. The van der Waals surface area contributed by atoms with Gasteiger partial charge in [0.15, 0.2) is 11.6 Å².